The molecule has 0 aliphatic carbocycles. The molecule has 1 atom stereocenters. The molecule has 1 saturated heterocycles. The Morgan fingerprint density at radius 2 is 2.00 bits per heavy atom. The average molecular weight is 371 g/mol. The summed E-state index contributed by atoms with van der Waals surface area (Å²) in [4.78, 5) is 6.58. The summed E-state index contributed by atoms with van der Waals surface area (Å²) in [6, 6.07) is 11.7. The van der Waals surface area contributed by atoms with Gasteiger partial charge in [-0.05, 0) is 43.3 Å². The van der Waals surface area contributed by atoms with Crippen LogP contribution in [0.1, 0.15) is 23.8 Å². The molecule has 7 heteroatoms. The van der Waals surface area contributed by atoms with E-state index in [1.54, 1.807) is 13.2 Å². The Morgan fingerprint density at radius 3 is 2.78 bits per heavy atom. The number of rotatable bonds is 5. The quantitative estimate of drug-likeness (QED) is 0.678. The van der Waals surface area contributed by atoms with Gasteiger partial charge in [0.2, 0.25) is 11.7 Å². The molecule has 1 fully saturated rings. The zero-order chi connectivity index (χ0) is 18.8. The Balaban J connectivity index is 1.43. The minimum absolute atomic E-state index is 0.0844. The maximum Gasteiger partial charge on any atom is 0.231 e. The third-order valence-electron chi connectivity index (χ3n) is 4.84. The van der Waals surface area contributed by atoms with E-state index in [9.17, 15) is 8.78 Å². The Morgan fingerprint density at radius 1 is 1.19 bits per heavy atom. The molecular weight excluding hydrogens is 352 g/mol. The average Bonchev–Trinajstić information content (AvgIpc) is 3.35. The number of methoxy groups -OCH3 is 1. The van der Waals surface area contributed by atoms with Crippen LogP contribution in [0.15, 0.2) is 47.0 Å². The van der Waals surface area contributed by atoms with Crippen molar-refractivity contribution in [3.05, 3.63) is 65.6 Å². The summed E-state index contributed by atoms with van der Waals surface area (Å²) in [5.41, 5.74) is 1.21. The lowest BCUT2D eigenvalue weighted by atomic mass is 10.1. The van der Waals surface area contributed by atoms with Gasteiger partial charge in [0.25, 0.3) is 0 Å². The third-order valence-corrected chi connectivity index (χ3v) is 4.84. The smallest absolute Gasteiger partial charge is 0.231 e. The zero-order valence-electron chi connectivity index (χ0n) is 14.9. The van der Waals surface area contributed by atoms with Crippen LogP contribution in [0.2, 0.25) is 0 Å². The van der Waals surface area contributed by atoms with Gasteiger partial charge in [-0.3, -0.25) is 4.90 Å². The van der Waals surface area contributed by atoms with Crippen LogP contribution in [0.4, 0.5) is 8.78 Å². The van der Waals surface area contributed by atoms with E-state index in [0.717, 1.165) is 30.3 Å². The van der Waals surface area contributed by atoms with Crippen LogP contribution < -0.4 is 4.74 Å². The molecule has 1 aromatic heterocycles. The lowest BCUT2D eigenvalue weighted by Gasteiger charge is -2.15. The Bertz CT molecular complexity index is 927. The van der Waals surface area contributed by atoms with Crippen molar-refractivity contribution < 1.29 is 18.0 Å². The molecule has 0 unspecified atom stereocenters. The normalized spacial score (nSPS) is 17.4. The predicted molar refractivity (Wildman–Crippen MR) is 95.3 cm³/mol. The Kier molecular flexibility index (Phi) is 4.85. The number of likely N-dealkylation sites (tertiary alicyclic amines) is 1. The summed E-state index contributed by atoms with van der Waals surface area (Å²) in [7, 11) is 1.61. The van der Waals surface area contributed by atoms with E-state index in [2.05, 4.69) is 15.0 Å². The topological polar surface area (TPSA) is 51.4 Å². The van der Waals surface area contributed by atoms with Crippen LogP contribution in [0.25, 0.3) is 11.4 Å². The van der Waals surface area contributed by atoms with Gasteiger partial charge >= 0.3 is 0 Å². The van der Waals surface area contributed by atoms with Crippen LogP contribution in [0, 0.1) is 11.6 Å². The zero-order valence-corrected chi connectivity index (χ0v) is 14.9. The van der Waals surface area contributed by atoms with Gasteiger partial charge in [-0.25, -0.2) is 8.78 Å². The fourth-order valence-electron chi connectivity index (χ4n) is 3.35. The second-order valence-corrected chi connectivity index (χ2v) is 6.62. The SMILES string of the molecule is COc1ccc(-c2noc([C@@H]3CCN(Cc4cccc(F)c4F)C3)n2)cc1. The maximum atomic E-state index is 13.9. The van der Waals surface area contributed by atoms with Crippen molar-refractivity contribution >= 4 is 0 Å². The number of halogens is 2. The highest BCUT2D eigenvalue weighted by atomic mass is 19.2. The van der Waals surface area contributed by atoms with E-state index < -0.39 is 11.6 Å². The van der Waals surface area contributed by atoms with Crippen LogP contribution in [-0.4, -0.2) is 35.2 Å². The fourth-order valence-corrected chi connectivity index (χ4v) is 3.35. The number of hydrogen-bond donors (Lipinski definition) is 0. The summed E-state index contributed by atoms with van der Waals surface area (Å²) in [5, 5.41) is 4.07. The highest BCUT2D eigenvalue weighted by Gasteiger charge is 2.29. The molecule has 0 saturated carbocycles. The van der Waals surface area contributed by atoms with E-state index >= 15 is 0 Å². The molecule has 1 aliphatic heterocycles. The minimum atomic E-state index is -0.815. The van der Waals surface area contributed by atoms with Crippen LogP contribution >= 0.6 is 0 Å². The van der Waals surface area contributed by atoms with Crippen LogP contribution in [-0.2, 0) is 6.54 Å². The van der Waals surface area contributed by atoms with Crippen LogP contribution in [0.5, 0.6) is 5.75 Å². The highest BCUT2D eigenvalue weighted by Crippen LogP contribution is 2.29. The third kappa shape index (κ3) is 3.68. The van der Waals surface area contributed by atoms with E-state index in [1.807, 2.05) is 24.3 Å². The number of ether oxygens (including phenoxy) is 1. The second-order valence-electron chi connectivity index (χ2n) is 6.62. The summed E-state index contributed by atoms with van der Waals surface area (Å²) >= 11 is 0. The van der Waals surface area contributed by atoms with Gasteiger partial charge in [0.1, 0.15) is 5.75 Å². The highest BCUT2D eigenvalue weighted by molar-refractivity contribution is 5.55. The van der Waals surface area contributed by atoms with Crippen LogP contribution in [0.3, 0.4) is 0 Å². The van der Waals surface area contributed by atoms with Gasteiger partial charge in [0.15, 0.2) is 11.6 Å². The first kappa shape index (κ1) is 17.6. The second kappa shape index (κ2) is 7.44. The number of benzene rings is 2. The van der Waals surface area contributed by atoms with Crippen molar-refractivity contribution in [1.29, 1.82) is 0 Å². The van der Waals surface area contributed by atoms with Crippen molar-refractivity contribution in [1.82, 2.24) is 15.0 Å². The molecule has 0 N–H and O–H groups in total. The van der Waals surface area contributed by atoms with Gasteiger partial charge in [-0.2, -0.15) is 4.98 Å². The molecule has 2 heterocycles. The molecule has 140 valence electrons. The van der Waals surface area contributed by atoms with Crippen molar-refractivity contribution in [2.24, 2.45) is 0 Å². The molecule has 0 amide bonds. The lowest BCUT2D eigenvalue weighted by molar-refractivity contribution is 0.303. The van der Waals surface area contributed by atoms with E-state index in [0.29, 0.717) is 30.4 Å². The van der Waals surface area contributed by atoms with E-state index in [1.165, 1.54) is 6.07 Å². The van der Waals surface area contributed by atoms with Crippen molar-refractivity contribution in [2.45, 2.75) is 18.9 Å². The molecule has 0 bridgehead atoms. The number of aromatic nitrogens is 2. The first-order chi connectivity index (χ1) is 13.1. The first-order valence-corrected chi connectivity index (χ1v) is 8.77. The fraction of sp³-hybridized carbons (Fsp3) is 0.300. The van der Waals surface area contributed by atoms with Gasteiger partial charge in [-0.1, -0.05) is 17.3 Å². The first-order valence-electron chi connectivity index (χ1n) is 8.77. The molecule has 4 rings (SSSR count). The van der Waals surface area contributed by atoms with E-state index in [-0.39, 0.29) is 5.92 Å². The summed E-state index contributed by atoms with van der Waals surface area (Å²) in [6.07, 6.45) is 0.835. The molecule has 0 spiro atoms. The largest absolute Gasteiger partial charge is 0.497 e. The van der Waals surface area contributed by atoms with Crippen molar-refractivity contribution in [3.8, 4) is 17.1 Å². The molecule has 2 aromatic carbocycles. The standard InChI is InChI=1S/C20H19F2N3O2/c1-26-16-7-5-13(6-8-16)19-23-20(27-24-19)15-9-10-25(12-15)11-14-3-2-4-17(21)18(14)22/h2-8,15H,9-12H2,1H3/t15-/m1/s1. The summed E-state index contributed by atoms with van der Waals surface area (Å²) in [5.74, 6) is 0.356. The molecule has 3 aromatic rings. The van der Waals surface area contributed by atoms with Crippen molar-refractivity contribution in [2.75, 3.05) is 20.2 Å². The van der Waals surface area contributed by atoms with Gasteiger partial charge in [0, 0.05) is 24.2 Å². The van der Waals surface area contributed by atoms with Gasteiger partial charge in [0.05, 0.1) is 13.0 Å². The molecule has 27 heavy (non-hydrogen) atoms. The molecule has 1 aliphatic rings. The van der Waals surface area contributed by atoms with Gasteiger partial charge < -0.3 is 9.26 Å². The molecule has 0 radical (unpaired) electrons. The predicted octanol–water partition coefficient (Wildman–Crippen LogP) is 4.01. The van der Waals surface area contributed by atoms with E-state index in [4.69, 9.17) is 9.26 Å². The Labute approximate surface area is 155 Å². The van der Waals surface area contributed by atoms with Gasteiger partial charge in [-0.15, -0.1) is 0 Å². The molecule has 5 nitrogen and oxygen atoms in total. The Hall–Kier alpha value is -2.80. The number of nitrogens with zero attached hydrogens (tertiary/aromatic N) is 3. The van der Waals surface area contributed by atoms with Crippen molar-refractivity contribution in [3.63, 3.8) is 0 Å². The summed E-state index contributed by atoms with van der Waals surface area (Å²) in [6.45, 7) is 1.79. The minimum Gasteiger partial charge on any atom is -0.497 e. The monoisotopic (exact) mass is 371 g/mol. The summed E-state index contributed by atoms with van der Waals surface area (Å²) < 4.78 is 37.8. The molecular formula is C20H19F2N3O2. The maximum absolute atomic E-state index is 13.9. The lowest BCUT2D eigenvalue weighted by Crippen LogP contribution is -2.20. The number of hydrogen-bond acceptors (Lipinski definition) is 5.